The summed E-state index contributed by atoms with van der Waals surface area (Å²) in [5.74, 6) is 1.15. The van der Waals surface area contributed by atoms with E-state index in [1.54, 1.807) is 0 Å². The standard InChI is InChI=1S/C18H37N3O2/c1-14(2)18(6,13-19-16(22)23-17(3,4)5)20-12-15-8-10-21(7)11-9-15/h14-15,20H,8-13H2,1-7H3,(H,19,22). The number of carbonyl (C=O) groups is 1. The van der Waals surface area contributed by atoms with Gasteiger partial charge in [-0.2, -0.15) is 0 Å². The largest absolute Gasteiger partial charge is 0.444 e. The number of hydrogen-bond acceptors (Lipinski definition) is 4. The van der Waals surface area contributed by atoms with E-state index in [4.69, 9.17) is 4.74 Å². The maximum absolute atomic E-state index is 11.9. The Bertz CT molecular complexity index is 371. The van der Waals surface area contributed by atoms with Crippen molar-refractivity contribution in [1.82, 2.24) is 15.5 Å². The molecule has 1 amide bonds. The van der Waals surface area contributed by atoms with Crippen LogP contribution in [0.5, 0.6) is 0 Å². The fourth-order valence-electron chi connectivity index (χ4n) is 2.68. The van der Waals surface area contributed by atoms with Crippen LogP contribution in [0.15, 0.2) is 0 Å². The summed E-state index contributed by atoms with van der Waals surface area (Å²) in [6.45, 7) is 16.2. The molecule has 136 valence electrons. The molecule has 0 aromatic carbocycles. The first kappa shape index (κ1) is 20.2. The highest BCUT2D eigenvalue weighted by atomic mass is 16.6. The van der Waals surface area contributed by atoms with Crippen molar-refractivity contribution in [3.63, 3.8) is 0 Å². The Morgan fingerprint density at radius 2 is 1.78 bits per heavy atom. The molecule has 1 aliphatic heterocycles. The van der Waals surface area contributed by atoms with E-state index in [0.717, 1.165) is 12.5 Å². The van der Waals surface area contributed by atoms with Gasteiger partial charge in [-0.1, -0.05) is 13.8 Å². The molecule has 0 aromatic rings. The van der Waals surface area contributed by atoms with E-state index in [9.17, 15) is 4.79 Å². The molecular formula is C18H37N3O2. The van der Waals surface area contributed by atoms with Gasteiger partial charge in [-0.3, -0.25) is 0 Å². The van der Waals surface area contributed by atoms with Gasteiger partial charge >= 0.3 is 6.09 Å². The topological polar surface area (TPSA) is 53.6 Å². The van der Waals surface area contributed by atoms with E-state index in [1.807, 2.05) is 20.8 Å². The van der Waals surface area contributed by atoms with Crippen molar-refractivity contribution in [2.45, 2.75) is 65.5 Å². The van der Waals surface area contributed by atoms with Gasteiger partial charge in [0.15, 0.2) is 0 Å². The number of carbonyl (C=O) groups excluding carboxylic acids is 1. The molecule has 0 bridgehead atoms. The van der Waals surface area contributed by atoms with E-state index in [0.29, 0.717) is 12.5 Å². The van der Waals surface area contributed by atoms with Crippen molar-refractivity contribution in [2.24, 2.45) is 11.8 Å². The van der Waals surface area contributed by atoms with E-state index >= 15 is 0 Å². The Morgan fingerprint density at radius 1 is 1.22 bits per heavy atom. The van der Waals surface area contributed by atoms with Gasteiger partial charge in [0, 0.05) is 12.1 Å². The first-order valence-corrected chi connectivity index (χ1v) is 8.92. The van der Waals surface area contributed by atoms with Gasteiger partial charge in [0.2, 0.25) is 0 Å². The summed E-state index contributed by atoms with van der Waals surface area (Å²) in [6.07, 6.45) is 2.15. The Morgan fingerprint density at radius 3 is 2.26 bits per heavy atom. The lowest BCUT2D eigenvalue weighted by atomic mass is 9.87. The number of nitrogens with one attached hydrogen (secondary N) is 2. The second-order valence-corrected chi connectivity index (χ2v) is 8.56. The molecule has 1 aliphatic rings. The van der Waals surface area contributed by atoms with Crippen LogP contribution in [0.3, 0.4) is 0 Å². The van der Waals surface area contributed by atoms with Gasteiger partial charge in [0.1, 0.15) is 5.60 Å². The monoisotopic (exact) mass is 327 g/mol. The molecule has 1 saturated heterocycles. The van der Waals surface area contributed by atoms with E-state index in [-0.39, 0.29) is 11.6 Å². The van der Waals surface area contributed by atoms with Crippen molar-refractivity contribution in [3.8, 4) is 0 Å². The first-order valence-electron chi connectivity index (χ1n) is 8.92. The van der Waals surface area contributed by atoms with Crippen LogP contribution in [0.1, 0.15) is 54.4 Å². The Balaban J connectivity index is 2.46. The smallest absolute Gasteiger partial charge is 0.407 e. The van der Waals surface area contributed by atoms with Crippen molar-refractivity contribution < 1.29 is 9.53 Å². The molecule has 1 heterocycles. The molecular weight excluding hydrogens is 290 g/mol. The maximum Gasteiger partial charge on any atom is 0.407 e. The Kier molecular flexibility index (Phi) is 7.33. The molecule has 5 heteroatoms. The second-order valence-electron chi connectivity index (χ2n) is 8.56. The van der Waals surface area contributed by atoms with Crippen LogP contribution < -0.4 is 10.6 Å². The van der Waals surface area contributed by atoms with Crippen LogP contribution in [-0.2, 0) is 4.74 Å². The van der Waals surface area contributed by atoms with Crippen LogP contribution in [0.25, 0.3) is 0 Å². The van der Waals surface area contributed by atoms with Gasteiger partial charge in [-0.05, 0) is 79.1 Å². The lowest BCUT2D eigenvalue weighted by Crippen LogP contribution is -2.56. The van der Waals surface area contributed by atoms with Crippen molar-refractivity contribution in [3.05, 3.63) is 0 Å². The molecule has 5 nitrogen and oxygen atoms in total. The summed E-state index contributed by atoms with van der Waals surface area (Å²) < 4.78 is 5.34. The van der Waals surface area contributed by atoms with Crippen LogP contribution in [0.2, 0.25) is 0 Å². The predicted octanol–water partition coefficient (Wildman–Crippen LogP) is 2.86. The molecule has 1 atom stereocenters. The number of ether oxygens (including phenoxy) is 1. The second kappa shape index (κ2) is 8.34. The first-order chi connectivity index (χ1) is 10.5. The van der Waals surface area contributed by atoms with Crippen LogP contribution in [0, 0.1) is 11.8 Å². The Hall–Kier alpha value is -0.810. The fraction of sp³-hybridized carbons (Fsp3) is 0.944. The Labute approximate surface area is 142 Å². The van der Waals surface area contributed by atoms with Crippen LogP contribution in [-0.4, -0.2) is 55.4 Å². The quantitative estimate of drug-likeness (QED) is 0.788. The lowest BCUT2D eigenvalue weighted by molar-refractivity contribution is 0.0501. The fourth-order valence-corrected chi connectivity index (χ4v) is 2.68. The predicted molar refractivity (Wildman–Crippen MR) is 95.7 cm³/mol. The summed E-state index contributed by atoms with van der Waals surface area (Å²) in [6, 6.07) is 0. The number of likely N-dealkylation sites (tertiary alicyclic amines) is 1. The number of hydrogen-bond donors (Lipinski definition) is 2. The van der Waals surface area contributed by atoms with Gasteiger partial charge < -0.3 is 20.3 Å². The lowest BCUT2D eigenvalue weighted by Gasteiger charge is -2.38. The minimum absolute atomic E-state index is 0.125. The number of piperidine rings is 1. The number of nitrogens with zero attached hydrogens (tertiary/aromatic N) is 1. The minimum Gasteiger partial charge on any atom is -0.444 e. The summed E-state index contributed by atoms with van der Waals surface area (Å²) >= 11 is 0. The van der Waals surface area contributed by atoms with Gasteiger partial charge in [0.05, 0.1) is 0 Å². The summed E-state index contributed by atoms with van der Waals surface area (Å²) in [4.78, 5) is 14.3. The molecule has 1 fully saturated rings. The average Bonchev–Trinajstić information content (AvgIpc) is 2.42. The molecule has 2 N–H and O–H groups in total. The van der Waals surface area contributed by atoms with Crippen LogP contribution in [0.4, 0.5) is 4.79 Å². The summed E-state index contributed by atoms with van der Waals surface area (Å²) in [5, 5.41) is 6.63. The molecule has 23 heavy (non-hydrogen) atoms. The number of rotatable bonds is 6. The zero-order valence-electron chi connectivity index (χ0n) is 16.2. The van der Waals surface area contributed by atoms with E-state index in [2.05, 4.69) is 43.4 Å². The molecule has 0 radical (unpaired) electrons. The third-order valence-electron chi connectivity index (χ3n) is 4.91. The van der Waals surface area contributed by atoms with Crippen molar-refractivity contribution in [2.75, 3.05) is 33.2 Å². The van der Waals surface area contributed by atoms with Gasteiger partial charge in [-0.15, -0.1) is 0 Å². The van der Waals surface area contributed by atoms with Crippen LogP contribution >= 0.6 is 0 Å². The zero-order chi connectivity index (χ0) is 17.7. The number of amides is 1. The maximum atomic E-state index is 11.9. The highest BCUT2D eigenvalue weighted by molar-refractivity contribution is 5.67. The third kappa shape index (κ3) is 7.53. The minimum atomic E-state index is -0.458. The third-order valence-corrected chi connectivity index (χ3v) is 4.91. The molecule has 1 rings (SSSR count). The van der Waals surface area contributed by atoms with Crippen molar-refractivity contribution >= 4 is 6.09 Å². The van der Waals surface area contributed by atoms with Gasteiger partial charge in [0.25, 0.3) is 0 Å². The van der Waals surface area contributed by atoms with E-state index < -0.39 is 5.60 Å². The number of alkyl carbamates (subject to hydrolysis) is 1. The average molecular weight is 328 g/mol. The summed E-state index contributed by atoms with van der Waals surface area (Å²) in [7, 11) is 2.19. The highest BCUT2D eigenvalue weighted by Gasteiger charge is 2.30. The molecule has 0 saturated carbocycles. The van der Waals surface area contributed by atoms with Gasteiger partial charge in [-0.25, -0.2) is 4.79 Å². The molecule has 0 aliphatic carbocycles. The molecule has 0 aromatic heterocycles. The highest BCUT2D eigenvalue weighted by Crippen LogP contribution is 2.20. The SMILES string of the molecule is CC(C)C(C)(CNC(=O)OC(C)(C)C)NCC1CCN(C)CC1. The molecule has 1 unspecified atom stereocenters. The molecule has 0 spiro atoms. The zero-order valence-corrected chi connectivity index (χ0v) is 16.2. The van der Waals surface area contributed by atoms with E-state index in [1.165, 1.54) is 25.9 Å². The normalized spacial score (nSPS) is 20.3. The van der Waals surface area contributed by atoms with Crippen molar-refractivity contribution in [1.29, 1.82) is 0 Å². The summed E-state index contributed by atoms with van der Waals surface area (Å²) in [5.41, 5.74) is -0.583.